The van der Waals surface area contributed by atoms with Gasteiger partial charge in [-0.3, -0.25) is 4.79 Å². The molecule has 0 spiro atoms. The van der Waals surface area contributed by atoms with Crippen LogP contribution in [0.3, 0.4) is 0 Å². The zero-order valence-corrected chi connectivity index (χ0v) is 13.9. The molecule has 1 amide bonds. The van der Waals surface area contributed by atoms with Gasteiger partial charge in [0.1, 0.15) is 0 Å². The van der Waals surface area contributed by atoms with Crippen molar-refractivity contribution in [2.75, 3.05) is 5.73 Å². The number of amides is 1. The molecule has 0 aliphatic carbocycles. The molecular formula is C18H29N3O. The Hall–Kier alpha value is -1.84. The highest BCUT2D eigenvalue weighted by Crippen LogP contribution is 2.09. The molecule has 4 heteroatoms. The zero-order chi connectivity index (χ0) is 16.2. The molecule has 22 heavy (non-hydrogen) atoms. The zero-order valence-electron chi connectivity index (χ0n) is 13.9. The molecule has 1 aromatic rings. The van der Waals surface area contributed by atoms with Gasteiger partial charge in [-0.1, -0.05) is 57.6 Å². The van der Waals surface area contributed by atoms with Crippen LogP contribution in [0.15, 0.2) is 29.4 Å². The second kappa shape index (κ2) is 10.8. The van der Waals surface area contributed by atoms with Crippen molar-refractivity contribution in [2.45, 2.75) is 65.2 Å². The van der Waals surface area contributed by atoms with Crippen LogP contribution in [0.1, 0.15) is 70.8 Å². The molecule has 0 saturated carbocycles. The Kier molecular flexibility index (Phi) is 8.96. The summed E-state index contributed by atoms with van der Waals surface area (Å²) in [5.74, 6) is -0.0108. The van der Waals surface area contributed by atoms with Gasteiger partial charge in [0.15, 0.2) is 0 Å². The van der Waals surface area contributed by atoms with Crippen LogP contribution >= 0.6 is 0 Å². The van der Waals surface area contributed by atoms with Gasteiger partial charge in [-0.05, 0) is 31.0 Å². The molecule has 1 rings (SSSR count). The molecule has 0 saturated heterocycles. The summed E-state index contributed by atoms with van der Waals surface area (Å²) < 4.78 is 0. The molecule has 4 nitrogen and oxygen atoms in total. The average Bonchev–Trinajstić information content (AvgIpc) is 2.52. The topological polar surface area (TPSA) is 67.5 Å². The number of carbonyl (C=O) groups is 1. The minimum Gasteiger partial charge on any atom is -0.399 e. The fourth-order valence-corrected chi connectivity index (χ4v) is 2.23. The van der Waals surface area contributed by atoms with E-state index in [2.05, 4.69) is 17.5 Å². The summed E-state index contributed by atoms with van der Waals surface area (Å²) >= 11 is 0. The molecule has 1 aromatic carbocycles. The van der Waals surface area contributed by atoms with Crippen molar-refractivity contribution in [3.05, 3.63) is 29.8 Å². The summed E-state index contributed by atoms with van der Waals surface area (Å²) in [7, 11) is 0. The number of nitrogens with one attached hydrogen (secondary N) is 1. The second-order valence-corrected chi connectivity index (χ2v) is 5.73. The largest absolute Gasteiger partial charge is 0.399 e. The predicted molar refractivity (Wildman–Crippen MR) is 93.8 cm³/mol. The van der Waals surface area contributed by atoms with Crippen LogP contribution in [-0.2, 0) is 4.79 Å². The van der Waals surface area contributed by atoms with Crippen molar-refractivity contribution in [2.24, 2.45) is 5.10 Å². The molecule has 0 atom stereocenters. The normalized spacial score (nSPS) is 11.5. The van der Waals surface area contributed by atoms with E-state index < -0.39 is 0 Å². The fourth-order valence-electron chi connectivity index (χ4n) is 2.23. The predicted octanol–water partition coefficient (Wildman–Crippen LogP) is 4.25. The van der Waals surface area contributed by atoms with Crippen molar-refractivity contribution in [3.63, 3.8) is 0 Å². The summed E-state index contributed by atoms with van der Waals surface area (Å²) in [6.45, 7) is 4.09. The van der Waals surface area contributed by atoms with E-state index in [1.165, 1.54) is 32.1 Å². The Morgan fingerprint density at radius 2 is 1.64 bits per heavy atom. The second-order valence-electron chi connectivity index (χ2n) is 5.73. The number of rotatable bonds is 10. The lowest BCUT2D eigenvalue weighted by molar-refractivity contribution is -0.121. The van der Waals surface area contributed by atoms with Gasteiger partial charge in [0.2, 0.25) is 5.91 Å². The maximum Gasteiger partial charge on any atom is 0.240 e. The van der Waals surface area contributed by atoms with Crippen molar-refractivity contribution in [1.82, 2.24) is 5.43 Å². The summed E-state index contributed by atoms with van der Waals surface area (Å²) in [6.07, 6.45) is 9.02. The lowest BCUT2D eigenvalue weighted by atomic mass is 10.1. The van der Waals surface area contributed by atoms with Crippen LogP contribution in [-0.4, -0.2) is 11.6 Å². The van der Waals surface area contributed by atoms with Crippen molar-refractivity contribution >= 4 is 17.3 Å². The molecule has 0 radical (unpaired) electrons. The first-order valence-electron chi connectivity index (χ1n) is 8.32. The van der Waals surface area contributed by atoms with Crippen LogP contribution in [0.2, 0.25) is 0 Å². The molecule has 0 unspecified atom stereocenters. The number of anilines is 1. The van der Waals surface area contributed by atoms with E-state index in [1.54, 1.807) is 0 Å². The number of nitrogens with zero attached hydrogens (tertiary/aromatic N) is 1. The summed E-state index contributed by atoms with van der Waals surface area (Å²) in [6, 6.07) is 7.46. The highest BCUT2D eigenvalue weighted by Gasteiger charge is 2.01. The van der Waals surface area contributed by atoms with E-state index in [1.807, 2.05) is 31.2 Å². The third-order valence-corrected chi connectivity index (χ3v) is 3.68. The highest BCUT2D eigenvalue weighted by molar-refractivity contribution is 5.99. The van der Waals surface area contributed by atoms with Gasteiger partial charge in [0, 0.05) is 12.1 Å². The molecule has 0 fully saturated rings. The van der Waals surface area contributed by atoms with Gasteiger partial charge < -0.3 is 5.73 Å². The van der Waals surface area contributed by atoms with Gasteiger partial charge >= 0.3 is 0 Å². The summed E-state index contributed by atoms with van der Waals surface area (Å²) in [5, 5.41) is 4.14. The van der Waals surface area contributed by atoms with Crippen molar-refractivity contribution < 1.29 is 4.79 Å². The Morgan fingerprint density at radius 1 is 1.05 bits per heavy atom. The Morgan fingerprint density at radius 3 is 2.27 bits per heavy atom. The van der Waals surface area contributed by atoms with E-state index in [4.69, 9.17) is 5.73 Å². The van der Waals surface area contributed by atoms with Gasteiger partial charge in [-0.15, -0.1) is 0 Å². The van der Waals surface area contributed by atoms with Gasteiger partial charge in [-0.25, -0.2) is 5.43 Å². The molecule has 0 aromatic heterocycles. The Labute approximate surface area is 134 Å². The SMILES string of the molecule is CCCCCCCCCC(=O)NN=C(C)c1ccc(N)cc1. The smallest absolute Gasteiger partial charge is 0.240 e. The first kappa shape index (κ1) is 18.2. The van der Waals surface area contributed by atoms with Crippen LogP contribution in [0.5, 0.6) is 0 Å². The lowest BCUT2D eigenvalue weighted by Crippen LogP contribution is -2.18. The average molecular weight is 303 g/mol. The van der Waals surface area contributed by atoms with Crippen LogP contribution in [0.4, 0.5) is 5.69 Å². The van der Waals surface area contributed by atoms with Crippen LogP contribution in [0, 0.1) is 0 Å². The van der Waals surface area contributed by atoms with E-state index in [9.17, 15) is 4.79 Å². The Balaban J connectivity index is 2.19. The molecule has 0 aliphatic rings. The van der Waals surface area contributed by atoms with Crippen LogP contribution in [0.25, 0.3) is 0 Å². The van der Waals surface area contributed by atoms with Gasteiger partial charge in [-0.2, -0.15) is 5.10 Å². The first-order chi connectivity index (χ1) is 10.6. The maximum absolute atomic E-state index is 11.7. The van der Waals surface area contributed by atoms with Crippen LogP contribution < -0.4 is 11.2 Å². The number of unbranched alkanes of at least 4 members (excludes halogenated alkanes) is 6. The third kappa shape index (κ3) is 7.81. The molecule has 0 heterocycles. The van der Waals surface area contributed by atoms with Gasteiger partial charge in [0.05, 0.1) is 5.71 Å². The van der Waals surface area contributed by atoms with E-state index in [0.29, 0.717) is 6.42 Å². The number of carbonyl (C=O) groups excluding carboxylic acids is 1. The minimum absolute atomic E-state index is 0.0108. The highest BCUT2D eigenvalue weighted by atomic mass is 16.2. The molecule has 3 N–H and O–H groups in total. The standard InChI is InChI=1S/C18H29N3O/c1-3-4-5-6-7-8-9-10-18(22)21-20-15(2)16-11-13-17(19)14-12-16/h11-14H,3-10,19H2,1-2H3,(H,21,22). The number of hydrogen-bond donors (Lipinski definition) is 2. The van der Waals surface area contributed by atoms with Crippen molar-refractivity contribution in [3.8, 4) is 0 Å². The lowest BCUT2D eigenvalue weighted by Gasteiger charge is -2.04. The van der Waals surface area contributed by atoms with E-state index >= 15 is 0 Å². The Bertz CT molecular complexity index is 466. The fraction of sp³-hybridized carbons (Fsp3) is 0.556. The number of benzene rings is 1. The van der Waals surface area contributed by atoms with E-state index in [-0.39, 0.29) is 5.91 Å². The molecule has 0 aliphatic heterocycles. The maximum atomic E-state index is 11.7. The van der Waals surface area contributed by atoms with E-state index in [0.717, 1.165) is 29.8 Å². The van der Waals surface area contributed by atoms with Crippen molar-refractivity contribution in [1.29, 1.82) is 0 Å². The molecule has 0 bridgehead atoms. The number of nitrogen functional groups attached to an aromatic ring is 1. The molecule has 122 valence electrons. The number of hydrazone groups is 1. The van der Waals surface area contributed by atoms with Gasteiger partial charge in [0.25, 0.3) is 0 Å². The number of hydrogen-bond acceptors (Lipinski definition) is 3. The minimum atomic E-state index is -0.0108. The third-order valence-electron chi connectivity index (χ3n) is 3.68. The summed E-state index contributed by atoms with van der Waals surface area (Å²) in [4.78, 5) is 11.7. The summed E-state index contributed by atoms with van der Waals surface area (Å²) in [5.41, 5.74) is 10.7. The number of nitrogens with two attached hydrogens (primary N) is 1. The first-order valence-corrected chi connectivity index (χ1v) is 8.32. The quantitative estimate of drug-likeness (QED) is 0.294. The monoisotopic (exact) mass is 303 g/mol. The molecular weight excluding hydrogens is 274 g/mol.